The van der Waals surface area contributed by atoms with E-state index in [1.807, 2.05) is 0 Å². The number of aliphatic hydroxyl groups excluding tert-OH is 1. The smallest absolute Gasteiger partial charge is 0.319 e. The number of carbonyl (C=O) groups is 2. The minimum atomic E-state index is -0.922. The van der Waals surface area contributed by atoms with E-state index in [9.17, 15) is 14.7 Å². The highest BCUT2D eigenvalue weighted by molar-refractivity contribution is 5.98. The number of carbonyl (C=O) groups excluding carboxylic acids is 2. The molecule has 0 bridgehead atoms. The van der Waals surface area contributed by atoms with E-state index in [2.05, 4.69) is 16.0 Å². The second-order valence-electron chi connectivity index (χ2n) is 4.92. The van der Waals surface area contributed by atoms with Crippen LogP contribution in [-0.4, -0.2) is 30.6 Å². The average Bonchev–Trinajstić information content (AvgIpc) is 3.08. The van der Waals surface area contributed by atoms with Gasteiger partial charge in [-0.15, -0.1) is 0 Å². The van der Waals surface area contributed by atoms with Crippen molar-refractivity contribution in [1.29, 1.82) is 0 Å². The van der Waals surface area contributed by atoms with Gasteiger partial charge in [-0.3, -0.25) is 4.79 Å². The molecule has 1 unspecified atom stereocenters. The number of anilines is 1. The van der Waals surface area contributed by atoms with Crippen molar-refractivity contribution in [2.75, 3.05) is 18.9 Å². The molecule has 2 rings (SSSR count). The molecule has 23 heavy (non-hydrogen) atoms. The van der Waals surface area contributed by atoms with Gasteiger partial charge in [-0.1, -0.05) is 6.07 Å². The van der Waals surface area contributed by atoms with E-state index in [4.69, 9.17) is 4.42 Å². The largest absolute Gasteiger partial charge is 0.467 e. The van der Waals surface area contributed by atoms with Crippen LogP contribution in [0.25, 0.3) is 0 Å². The van der Waals surface area contributed by atoms with Crippen molar-refractivity contribution in [3.63, 3.8) is 0 Å². The Bertz CT molecular complexity index is 683. The molecule has 0 saturated carbocycles. The quantitative estimate of drug-likeness (QED) is 0.675. The van der Waals surface area contributed by atoms with E-state index in [0.29, 0.717) is 22.6 Å². The number of benzene rings is 1. The molecule has 0 saturated heterocycles. The van der Waals surface area contributed by atoms with Gasteiger partial charge in [-0.25, -0.2) is 4.79 Å². The lowest BCUT2D eigenvalue weighted by Crippen LogP contribution is -2.32. The summed E-state index contributed by atoms with van der Waals surface area (Å²) in [6.07, 6.45) is 0.528. The monoisotopic (exact) mass is 317 g/mol. The summed E-state index contributed by atoms with van der Waals surface area (Å²) in [5.41, 5.74) is 1.67. The van der Waals surface area contributed by atoms with Gasteiger partial charge in [0.1, 0.15) is 11.9 Å². The summed E-state index contributed by atoms with van der Waals surface area (Å²) in [5.74, 6) is 0.155. The number of nitrogens with one attached hydrogen (secondary N) is 3. The van der Waals surface area contributed by atoms with Gasteiger partial charge in [0.15, 0.2) is 0 Å². The van der Waals surface area contributed by atoms with E-state index < -0.39 is 12.1 Å². The summed E-state index contributed by atoms with van der Waals surface area (Å²) in [6.45, 7) is 1.76. The maximum Gasteiger partial charge on any atom is 0.319 e. The minimum absolute atomic E-state index is 0.00747. The number of urea groups is 1. The predicted molar refractivity (Wildman–Crippen MR) is 85.3 cm³/mol. The highest BCUT2D eigenvalue weighted by Crippen LogP contribution is 2.19. The molecule has 1 heterocycles. The van der Waals surface area contributed by atoms with Gasteiger partial charge in [0, 0.05) is 18.3 Å². The summed E-state index contributed by atoms with van der Waals surface area (Å²) in [6, 6.07) is 7.87. The Labute approximate surface area is 133 Å². The van der Waals surface area contributed by atoms with Crippen LogP contribution in [0.4, 0.5) is 10.5 Å². The van der Waals surface area contributed by atoms with Crippen molar-refractivity contribution in [2.45, 2.75) is 13.0 Å². The zero-order valence-electron chi connectivity index (χ0n) is 12.9. The van der Waals surface area contributed by atoms with Crippen molar-refractivity contribution in [3.05, 3.63) is 53.5 Å². The molecule has 0 aliphatic carbocycles. The normalized spacial score (nSPS) is 11.6. The summed E-state index contributed by atoms with van der Waals surface area (Å²) >= 11 is 0. The Morgan fingerprint density at radius 2 is 2.04 bits per heavy atom. The molecular formula is C16H19N3O4. The zero-order chi connectivity index (χ0) is 16.8. The predicted octanol–water partition coefficient (Wildman–Crippen LogP) is 1.80. The zero-order valence-corrected chi connectivity index (χ0v) is 12.9. The Kier molecular flexibility index (Phi) is 5.37. The van der Waals surface area contributed by atoms with Gasteiger partial charge >= 0.3 is 6.03 Å². The molecule has 0 aliphatic heterocycles. The van der Waals surface area contributed by atoms with Crippen LogP contribution in [0.2, 0.25) is 0 Å². The second kappa shape index (κ2) is 7.46. The molecule has 0 aliphatic rings. The van der Waals surface area contributed by atoms with Crippen LogP contribution in [0.5, 0.6) is 0 Å². The number of rotatable bonds is 5. The van der Waals surface area contributed by atoms with E-state index in [-0.39, 0.29) is 12.5 Å². The van der Waals surface area contributed by atoms with Gasteiger partial charge in [0.05, 0.1) is 12.8 Å². The van der Waals surface area contributed by atoms with Crippen LogP contribution >= 0.6 is 0 Å². The van der Waals surface area contributed by atoms with Gasteiger partial charge in [-0.2, -0.15) is 0 Å². The Hall–Kier alpha value is -2.80. The highest BCUT2D eigenvalue weighted by Gasteiger charge is 2.14. The number of furan rings is 1. The number of aliphatic hydroxyl groups is 1. The molecule has 0 fully saturated rings. The minimum Gasteiger partial charge on any atom is -0.467 e. The lowest BCUT2D eigenvalue weighted by atomic mass is 10.1. The molecule has 7 nitrogen and oxygen atoms in total. The van der Waals surface area contributed by atoms with Crippen LogP contribution in [-0.2, 0) is 0 Å². The number of amides is 3. The van der Waals surface area contributed by atoms with Crippen molar-refractivity contribution in [3.8, 4) is 0 Å². The van der Waals surface area contributed by atoms with E-state index >= 15 is 0 Å². The van der Waals surface area contributed by atoms with Crippen molar-refractivity contribution < 1.29 is 19.1 Å². The van der Waals surface area contributed by atoms with Crippen LogP contribution in [0.3, 0.4) is 0 Å². The summed E-state index contributed by atoms with van der Waals surface area (Å²) in [7, 11) is 1.55. The highest BCUT2D eigenvalue weighted by atomic mass is 16.4. The molecule has 1 aromatic heterocycles. The standard InChI is InChI=1S/C16H19N3O4/c1-10-11(15(21)17-2)5-3-6-12(10)19-16(22)18-9-13(20)14-7-4-8-23-14/h3-8,13,20H,9H2,1-2H3,(H,17,21)(H2,18,19,22). The third kappa shape index (κ3) is 4.10. The second-order valence-corrected chi connectivity index (χ2v) is 4.92. The first-order valence-corrected chi connectivity index (χ1v) is 7.11. The average molecular weight is 317 g/mol. The van der Waals surface area contributed by atoms with E-state index in [0.717, 1.165) is 0 Å². The third-order valence-corrected chi connectivity index (χ3v) is 3.38. The molecule has 7 heteroatoms. The molecule has 0 spiro atoms. The first kappa shape index (κ1) is 16.6. The maximum atomic E-state index is 11.9. The van der Waals surface area contributed by atoms with E-state index in [1.165, 1.54) is 6.26 Å². The summed E-state index contributed by atoms with van der Waals surface area (Å²) in [4.78, 5) is 23.7. The first-order chi connectivity index (χ1) is 11.0. The first-order valence-electron chi connectivity index (χ1n) is 7.11. The third-order valence-electron chi connectivity index (χ3n) is 3.38. The van der Waals surface area contributed by atoms with Crippen molar-refractivity contribution in [2.24, 2.45) is 0 Å². The lowest BCUT2D eigenvalue weighted by Gasteiger charge is -2.13. The van der Waals surface area contributed by atoms with Gasteiger partial charge < -0.3 is 25.5 Å². The molecule has 4 N–H and O–H groups in total. The molecule has 1 aromatic carbocycles. The number of hydrogen-bond donors (Lipinski definition) is 4. The molecular weight excluding hydrogens is 298 g/mol. The van der Waals surface area contributed by atoms with E-state index in [1.54, 1.807) is 44.3 Å². The van der Waals surface area contributed by atoms with Gasteiger partial charge in [0.2, 0.25) is 0 Å². The van der Waals surface area contributed by atoms with Gasteiger partial charge in [-0.05, 0) is 36.8 Å². The summed E-state index contributed by atoms with van der Waals surface area (Å²) < 4.78 is 5.05. The molecule has 3 amide bonds. The fraction of sp³-hybridized carbons (Fsp3) is 0.250. The maximum absolute atomic E-state index is 11.9. The summed E-state index contributed by atoms with van der Waals surface area (Å²) in [5, 5.41) is 17.6. The Balaban J connectivity index is 1.96. The fourth-order valence-corrected chi connectivity index (χ4v) is 2.09. The molecule has 0 radical (unpaired) electrons. The molecule has 122 valence electrons. The van der Waals surface area contributed by atoms with Gasteiger partial charge in [0.25, 0.3) is 5.91 Å². The topological polar surface area (TPSA) is 104 Å². The lowest BCUT2D eigenvalue weighted by molar-refractivity contribution is 0.0962. The van der Waals surface area contributed by atoms with Crippen LogP contribution in [0.15, 0.2) is 41.0 Å². The Morgan fingerprint density at radius 1 is 1.26 bits per heavy atom. The van der Waals surface area contributed by atoms with Crippen molar-refractivity contribution in [1.82, 2.24) is 10.6 Å². The number of hydrogen-bond acceptors (Lipinski definition) is 4. The van der Waals surface area contributed by atoms with Crippen LogP contribution in [0, 0.1) is 6.92 Å². The molecule has 2 aromatic rings. The molecule has 1 atom stereocenters. The van der Waals surface area contributed by atoms with Crippen molar-refractivity contribution >= 4 is 17.6 Å². The SMILES string of the molecule is CNC(=O)c1cccc(NC(=O)NCC(O)c2ccco2)c1C. The van der Waals surface area contributed by atoms with Crippen LogP contribution in [0.1, 0.15) is 27.8 Å². The van der Waals surface area contributed by atoms with Crippen LogP contribution < -0.4 is 16.0 Å². The fourth-order valence-electron chi connectivity index (χ4n) is 2.09. The Morgan fingerprint density at radius 3 is 2.70 bits per heavy atom.